The summed E-state index contributed by atoms with van der Waals surface area (Å²) in [7, 11) is 0. The Hall–Kier alpha value is -1.63. The molecule has 2 rings (SSSR count). The van der Waals surface area contributed by atoms with Crippen molar-refractivity contribution in [2.75, 3.05) is 5.32 Å². The second-order valence-corrected chi connectivity index (χ2v) is 5.08. The highest BCUT2D eigenvalue weighted by molar-refractivity contribution is 14.1. The molecule has 0 bridgehead atoms. The van der Waals surface area contributed by atoms with E-state index >= 15 is 0 Å². The summed E-state index contributed by atoms with van der Waals surface area (Å²) in [4.78, 5) is 11.7. The lowest BCUT2D eigenvalue weighted by atomic mass is 10.2. The molecule has 0 saturated heterocycles. The summed E-state index contributed by atoms with van der Waals surface area (Å²) in [5.74, 6) is -0.285. The molecular weight excluding hydrogens is 358 g/mol. The van der Waals surface area contributed by atoms with Gasteiger partial charge in [-0.1, -0.05) is 24.3 Å². The minimum atomic E-state index is -0.285. The van der Waals surface area contributed by atoms with E-state index in [-0.39, 0.29) is 11.8 Å². The van der Waals surface area contributed by atoms with Crippen LogP contribution in [0.15, 0.2) is 48.5 Å². The van der Waals surface area contributed by atoms with Crippen LogP contribution in [0.25, 0.3) is 0 Å². The Labute approximate surface area is 124 Å². The SMILES string of the molecule is O=C(NCc1ccc(F)cc1)Nc1ccccc1I. The average molecular weight is 370 g/mol. The number of urea groups is 1. The average Bonchev–Trinajstić information content (AvgIpc) is 2.41. The lowest BCUT2D eigenvalue weighted by molar-refractivity contribution is 0.251. The lowest BCUT2D eigenvalue weighted by Gasteiger charge is -2.09. The zero-order valence-corrected chi connectivity index (χ0v) is 12.1. The quantitative estimate of drug-likeness (QED) is 0.794. The van der Waals surface area contributed by atoms with Crippen LogP contribution in [0.1, 0.15) is 5.56 Å². The zero-order valence-electron chi connectivity index (χ0n) is 9.99. The number of carbonyl (C=O) groups is 1. The smallest absolute Gasteiger partial charge is 0.319 e. The van der Waals surface area contributed by atoms with Crippen LogP contribution < -0.4 is 10.6 Å². The molecule has 0 unspecified atom stereocenters. The molecule has 0 aliphatic rings. The molecule has 5 heteroatoms. The Balaban J connectivity index is 1.88. The molecule has 2 N–H and O–H groups in total. The van der Waals surface area contributed by atoms with Gasteiger partial charge in [-0.2, -0.15) is 0 Å². The van der Waals surface area contributed by atoms with Gasteiger partial charge in [0.15, 0.2) is 0 Å². The van der Waals surface area contributed by atoms with Gasteiger partial charge in [-0.25, -0.2) is 9.18 Å². The summed E-state index contributed by atoms with van der Waals surface area (Å²) in [6.07, 6.45) is 0. The van der Waals surface area contributed by atoms with Crippen molar-refractivity contribution in [3.63, 3.8) is 0 Å². The summed E-state index contributed by atoms with van der Waals surface area (Å²) in [6.45, 7) is 0.357. The lowest BCUT2D eigenvalue weighted by Crippen LogP contribution is -2.28. The second-order valence-electron chi connectivity index (χ2n) is 3.91. The van der Waals surface area contributed by atoms with Gasteiger partial charge in [0.25, 0.3) is 0 Å². The monoisotopic (exact) mass is 370 g/mol. The number of rotatable bonds is 3. The third kappa shape index (κ3) is 4.20. The number of halogens is 2. The number of para-hydroxylation sites is 1. The molecule has 0 atom stereocenters. The van der Waals surface area contributed by atoms with Crippen LogP contribution in [0.2, 0.25) is 0 Å². The Kier molecular flexibility index (Phi) is 4.73. The van der Waals surface area contributed by atoms with E-state index in [9.17, 15) is 9.18 Å². The van der Waals surface area contributed by atoms with E-state index in [4.69, 9.17) is 0 Å². The van der Waals surface area contributed by atoms with Crippen LogP contribution in [-0.4, -0.2) is 6.03 Å². The van der Waals surface area contributed by atoms with Crippen molar-refractivity contribution < 1.29 is 9.18 Å². The number of hydrogen-bond donors (Lipinski definition) is 2. The maximum atomic E-state index is 12.7. The van der Waals surface area contributed by atoms with E-state index in [0.29, 0.717) is 6.54 Å². The molecule has 19 heavy (non-hydrogen) atoms. The minimum absolute atomic E-state index is 0.284. The van der Waals surface area contributed by atoms with Crippen molar-refractivity contribution in [1.29, 1.82) is 0 Å². The molecule has 0 aromatic heterocycles. The third-order valence-corrected chi connectivity index (χ3v) is 3.43. The first kappa shape index (κ1) is 13.8. The predicted octanol–water partition coefficient (Wildman–Crippen LogP) is 3.75. The third-order valence-electron chi connectivity index (χ3n) is 2.49. The van der Waals surface area contributed by atoms with Gasteiger partial charge in [0.2, 0.25) is 0 Å². The van der Waals surface area contributed by atoms with Crippen LogP contribution in [0, 0.1) is 9.39 Å². The summed E-state index contributed by atoms with van der Waals surface area (Å²) >= 11 is 2.15. The van der Waals surface area contributed by atoms with Crippen LogP contribution >= 0.6 is 22.6 Å². The number of benzene rings is 2. The van der Waals surface area contributed by atoms with Crippen LogP contribution in [0.4, 0.5) is 14.9 Å². The first-order valence-corrected chi connectivity index (χ1v) is 6.77. The van der Waals surface area contributed by atoms with Crippen LogP contribution in [-0.2, 0) is 6.54 Å². The summed E-state index contributed by atoms with van der Waals surface area (Å²) in [5.41, 5.74) is 1.61. The molecule has 0 spiro atoms. The molecule has 0 aliphatic heterocycles. The maximum Gasteiger partial charge on any atom is 0.319 e. The largest absolute Gasteiger partial charge is 0.334 e. The summed E-state index contributed by atoms with van der Waals surface area (Å²) in [5, 5.41) is 5.48. The van der Waals surface area contributed by atoms with E-state index in [1.807, 2.05) is 24.3 Å². The van der Waals surface area contributed by atoms with E-state index in [0.717, 1.165) is 14.8 Å². The summed E-state index contributed by atoms with van der Waals surface area (Å²) in [6, 6.07) is 13.2. The van der Waals surface area contributed by atoms with Gasteiger partial charge in [0, 0.05) is 10.1 Å². The van der Waals surface area contributed by atoms with Gasteiger partial charge >= 0.3 is 6.03 Å². The van der Waals surface area contributed by atoms with Gasteiger partial charge in [0.05, 0.1) is 5.69 Å². The van der Waals surface area contributed by atoms with E-state index in [2.05, 4.69) is 33.2 Å². The maximum absolute atomic E-state index is 12.7. The number of amides is 2. The Morgan fingerprint density at radius 3 is 2.47 bits per heavy atom. The molecule has 0 fully saturated rings. The van der Waals surface area contributed by atoms with Crippen molar-refractivity contribution >= 4 is 34.3 Å². The molecule has 2 aromatic carbocycles. The van der Waals surface area contributed by atoms with Crippen molar-refractivity contribution in [1.82, 2.24) is 5.32 Å². The summed E-state index contributed by atoms with van der Waals surface area (Å²) < 4.78 is 13.7. The molecule has 2 amide bonds. The fraction of sp³-hybridized carbons (Fsp3) is 0.0714. The predicted molar refractivity (Wildman–Crippen MR) is 81.4 cm³/mol. The molecule has 0 heterocycles. The Morgan fingerprint density at radius 2 is 1.79 bits per heavy atom. The minimum Gasteiger partial charge on any atom is -0.334 e. The second kappa shape index (κ2) is 6.51. The van der Waals surface area contributed by atoms with E-state index < -0.39 is 0 Å². The number of nitrogens with one attached hydrogen (secondary N) is 2. The number of anilines is 1. The fourth-order valence-corrected chi connectivity index (χ4v) is 2.04. The topological polar surface area (TPSA) is 41.1 Å². The van der Waals surface area contributed by atoms with Crippen LogP contribution in [0.3, 0.4) is 0 Å². The fourth-order valence-electron chi connectivity index (χ4n) is 1.51. The van der Waals surface area contributed by atoms with E-state index in [1.54, 1.807) is 12.1 Å². The van der Waals surface area contributed by atoms with Crippen molar-refractivity contribution in [3.05, 3.63) is 63.5 Å². The molecule has 3 nitrogen and oxygen atoms in total. The highest BCUT2D eigenvalue weighted by Crippen LogP contribution is 2.16. The normalized spacial score (nSPS) is 10.0. The van der Waals surface area contributed by atoms with Crippen molar-refractivity contribution in [3.8, 4) is 0 Å². The van der Waals surface area contributed by atoms with Gasteiger partial charge in [0.1, 0.15) is 5.82 Å². The first-order chi connectivity index (χ1) is 9.15. The van der Waals surface area contributed by atoms with Crippen molar-refractivity contribution in [2.24, 2.45) is 0 Å². The number of hydrogen-bond acceptors (Lipinski definition) is 1. The first-order valence-electron chi connectivity index (χ1n) is 5.69. The van der Waals surface area contributed by atoms with Gasteiger partial charge in [-0.15, -0.1) is 0 Å². The molecule has 0 saturated carbocycles. The standard InChI is InChI=1S/C14H12FIN2O/c15-11-7-5-10(6-8-11)9-17-14(19)18-13-4-2-1-3-12(13)16/h1-8H,9H2,(H2,17,18,19). The molecule has 2 aromatic rings. The molecular formula is C14H12FIN2O. The molecule has 98 valence electrons. The zero-order chi connectivity index (χ0) is 13.7. The molecule has 0 radical (unpaired) electrons. The highest BCUT2D eigenvalue weighted by atomic mass is 127. The number of carbonyl (C=O) groups excluding carboxylic acids is 1. The Morgan fingerprint density at radius 1 is 1.11 bits per heavy atom. The van der Waals surface area contributed by atoms with Gasteiger partial charge in [-0.05, 0) is 52.4 Å². The van der Waals surface area contributed by atoms with Gasteiger partial charge < -0.3 is 10.6 Å². The van der Waals surface area contributed by atoms with Crippen molar-refractivity contribution in [2.45, 2.75) is 6.54 Å². The Bertz CT molecular complexity index is 572. The van der Waals surface area contributed by atoms with Crippen LogP contribution in [0.5, 0.6) is 0 Å². The highest BCUT2D eigenvalue weighted by Gasteiger charge is 2.04. The molecule has 0 aliphatic carbocycles. The van der Waals surface area contributed by atoms with Gasteiger partial charge in [-0.3, -0.25) is 0 Å². The van der Waals surface area contributed by atoms with E-state index in [1.165, 1.54) is 12.1 Å².